The van der Waals surface area contributed by atoms with E-state index in [1.54, 1.807) is 0 Å². The molecule has 122 valence electrons. The molecular formula is C17H27N3O2. The number of pyridine rings is 1. The van der Waals surface area contributed by atoms with Crippen LogP contribution < -0.4 is 5.32 Å². The summed E-state index contributed by atoms with van der Waals surface area (Å²) < 4.78 is 5.42. The predicted molar refractivity (Wildman–Crippen MR) is 86.6 cm³/mol. The molecule has 1 aliphatic rings. The van der Waals surface area contributed by atoms with Gasteiger partial charge in [0.05, 0.1) is 5.69 Å². The number of hydrogen-bond acceptors (Lipinski definition) is 4. The third kappa shape index (κ3) is 4.98. The molecule has 1 N–H and O–H groups in total. The van der Waals surface area contributed by atoms with Crippen molar-refractivity contribution in [1.29, 1.82) is 0 Å². The highest BCUT2D eigenvalue weighted by Gasteiger charge is 2.29. The monoisotopic (exact) mass is 305 g/mol. The summed E-state index contributed by atoms with van der Waals surface area (Å²) in [5, 5.41) is 3.51. The van der Waals surface area contributed by atoms with E-state index in [1.165, 1.54) is 0 Å². The quantitative estimate of drug-likeness (QED) is 0.929. The highest BCUT2D eigenvalue weighted by atomic mass is 16.6. The molecule has 1 aliphatic heterocycles. The Hall–Kier alpha value is -1.62. The van der Waals surface area contributed by atoms with Crippen molar-refractivity contribution >= 4 is 6.09 Å². The Bertz CT molecular complexity index is 484. The Balaban J connectivity index is 1.76. The Morgan fingerprint density at radius 1 is 1.50 bits per heavy atom. The van der Waals surface area contributed by atoms with Crippen molar-refractivity contribution in [2.24, 2.45) is 5.92 Å². The van der Waals surface area contributed by atoms with E-state index in [4.69, 9.17) is 4.74 Å². The molecule has 22 heavy (non-hydrogen) atoms. The first-order valence-corrected chi connectivity index (χ1v) is 7.97. The van der Waals surface area contributed by atoms with Gasteiger partial charge in [-0.05, 0) is 52.2 Å². The van der Waals surface area contributed by atoms with E-state index < -0.39 is 5.60 Å². The molecule has 0 bridgehead atoms. The zero-order chi connectivity index (χ0) is 16.2. The molecule has 0 aromatic carbocycles. The molecule has 0 saturated carbocycles. The van der Waals surface area contributed by atoms with Crippen LogP contribution >= 0.6 is 0 Å². The Morgan fingerprint density at radius 2 is 2.27 bits per heavy atom. The molecule has 0 radical (unpaired) electrons. The summed E-state index contributed by atoms with van der Waals surface area (Å²) in [7, 11) is 0. The van der Waals surface area contributed by atoms with Crippen LogP contribution in [0.5, 0.6) is 0 Å². The highest BCUT2D eigenvalue weighted by molar-refractivity contribution is 5.68. The van der Waals surface area contributed by atoms with Crippen LogP contribution in [0.25, 0.3) is 0 Å². The van der Waals surface area contributed by atoms with Crippen molar-refractivity contribution in [3.63, 3.8) is 0 Å². The van der Waals surface area contributed by atoms with Gasteiger partial charge < -0.3 is 15.0 Å². The van der Waals surface area contributed by atoms with Crippen molar-refractivity contribution < 1.29 is 9.53 Å². The second-order valence-corrected chi connectivity index (χ2v) is 6.97. The van der Waals surface area contributed by atoms with Crippen LogP contribution in [0, 0.1) is 5.92 Å². The maximum absolute atomic E-state index is 12.0. The molecular weight excluding hydrogens is 278 g/mol. The maximum Gasteiger partial charge on any atom is 0.410 e. The number of carbonyl (C=O) groups is 1. The van der Waals surface area contributed by atoms with Gasteiger partial charge >= 0.3 is 6.09 Å². The molecule has 5 nitrogen and oxygen atoms in total. The normalized spacial score (nSPS) is 20.0. The van der Waals surface area contributed by atoms with Crippen LogP contribution in [0.2, 0.25) is 0 Å². The van der Waals surface area contributed by atoms with E-state index in [2.05, 4.69) is 17.2 Å². The van der Waals surface area contributed by atoms with Gasteiger partial charge in [0.25, 0.3) is 0 Å². The summed E-state index contributed by atoms with van der Waals surface area (Å²) in [5.74, 6) is 0.471. The molecule has 1 aromatic heterocycles. The molecule has 2 atom stereocenters. The van der Waals surface area contributed by atoms with Crippen LogP contribution in [0.4, 0.5) is 4.79 Å². The lowest BCUT2D eigenvalue weighted by molar-refractivity contribution is 0.0288. The number of carbonyl (C=O) groups excluding carboxylic acids is 1. The zero-order valence-electron chi connectivity index (χ0n) is 14.0. The summed E-state index contributed by atoms with van der Waals surface area (Å²) >= 11 is 0. The molecule has 2 heterocycles. The van der Waals surface area contributed by atoms with Gasteiger partial charge in [0.15, 0.2) is 0 Å². The van der Waals surface area contributed by atoms with Crippen LogP contribution in [0.3, 0.4) is 0 Å². The van der Waals surface area contributed by atoms with E-state index in [-0.39, 0.29) is 12.1 Å². The lowest BCUT2D eigenvalue weighted by Gasteiger charge is -2.24. The van der Waals surface area contributed by atoms with Crippen LogP contribution in [-0.2, 0) is 4.74 Å². The average Bonchev–Trinajstić information content (AvgIpc) is 2.93. The number of nitrogens with one attached hydrogen (secondary N) is 1. The molecule has 1 fully saturated rings. The van der Waals surface area contributed by atoms with Crippen molar-refractivity contribution in [3.8, 4) is 0 Å². The molecule has 1 saturated heterocycles. The average molecular weight is 305 g/mol. The molecule has 1 aromatic rings. The lowest BCUT2D eigenvalue weighted by atomic mass is 10.1. The van der Waals surface area contributed by atoms with E-state index in [9.17, 15) is 4.79 Å². The fraction of sp³-hybridized carbons (Fsp3) is 0.647. The molecule has 2 unspecified atom stereocenters. The number of ether oxygens (including phenoxy) is 1. The minimum absolute atomic E-state index is 0.201. The first kappa shape index (κ1) is 16.7. The fourth-order valence-corrected chi connectivity index (χ4v) is 2.57. The summed E-state index contributed by atoms with van der Waals surface area (Å²) in [4.78, 5) is 18.2. The van der Waals surface area contributed by atoms with Gasteiger partial charge in [0, 0.05) is 31.9 Å². The predicted octanol–water partition coefficient (Wildman–Crippen LogP) is 2.99. The Kier molecular flexibility index (Phi) is 5.40. The summed E-state index contributed by atoms with van der Waals surface area (Å²) in [6.07, 6.45) is 2.63. The van der Waals surface area contributed by atoms with Gasteiger partial charge in [-0.3, -0.25) is 4.98 Å². The number of amides is 1. The van der Waals surface area contributed by atoms with E-state index in [1.807, 2.05) is 50.1 Å². The van der Waals surface area contributed by atoms with Gasteiger partial charge in [0.2, 0.25) is 0 Å². The second kappa shape index (κ2) is 7.09. The summed E-state index contributed by atoms with van der Waals surface area (Å²) in [6, 6.07) is 6.17. The van der Waals surface area contributed by atoms with Crippen molar-refractivity contribution in [3.05, 3.63) is 30.1 Å². The number of rotatable bonds is 4. The topological polar surface area (TPSA) is 54.5 Å². The zero-order valence-corrected chi connectivity index (χ0v) is 14.0. The number of likely N-dealkylation sites (tertiary alicyclic amines) is 1. The van der Waals surface area contributed by atoms with Crippen LogP contribution in [0.1, 0.15) is 45.9 Å². The Labute approximate surface area is 133 Å². The second-order valence-electron chi connectivity index (χ2n) is 6.97. The third-order valence-electron chi connectivity index (χ3n) is 3.78. The first-order chi connectivity index (χ1) is 10.3. The van der Waals surface area contributed by atoms with Gasteiger partial charge in [-0.2, -0.15) is 0 Å². The van der Waals surface area contributed by atoms with Crippen molar-refractivity contribution in [2.45, 2.75) is 45.8 Å². The highest BCUT2D eigenvalue weighted by Crippen LogP contribution is 2.20. The standard InChI is InChI=1S/C17H27N3O2/c1-13(15-7-5-6-9-18-15)19-11-14-8-10-20(12-14)16(21)22-17(2,3)4/h5-7,9,13-14,19H,8,10-12H2,1-4H3. The van der Waals surface area contributed by atoms with E-state index in [0.717, 1.165) is 31.7 Å². The summed E-state index contributed by atoms with van der Waals surface area (Å²) in [5.41, 5.74) is 0.616. The fourth-order valence-electron chi connectivity index (χ4n) is 2.57. The Morgan fingerprint density at radius 3 is 2.91 bits per heavy atom. The smallest absolute Gasteiger partial charge is 0.410 e. The molecule has 0 spiro atoms. The minimum Gasteiger partial charge on any atom is -0.444 e. The largest absolute Gasteiger partial charge is 0.444 e. The number of aromatic nitrogens is 1. The van der Waals surface area contributed by atoms with Gasteiger partial charge in [0.1, 0.15) is 5.60 Å². The minimum atomic E-state index is -0.430. The van der Waals surface area contributed by atoms with Crippen LogP contribution in [0.15, 0.2) is 24.4 Å². The van der Waals surface area contributed by atoms with Crippen molar-refractivity contribution in [1.82, 2.24) is 15.2 Å². The summed E-state index contributed by atoms with van der Waals surface area (Å²) in [6.45, 7) is 10.2. The lowest BCUT2D eigenvalue weighted by Crippen LogP contribution is -2.36. The number of nitrogens with zero attached hydrogens (tertiary/aromatic N) is 2. The van der Waals surface area contributed by atoms with Gasteiger partial charge in [-0.1, -0.05) is 6.07 Å². The molecule has 1 amide bonds. The van der Waals surface area contributed by atoms with Crippen LogP contribution in [-0.4, -0.2) is 41.2 Å². The molecule has 0 aliphatic carbocycles. The SMILES string of the molecule is CC(NCC1CCN(C(=O)OC(C)(C)C)C1)c1ccccn1. The third-order valence-corrected chi connectivity index (χ3v) is 3.78. The van der Waals surface area contributed by atoms with E-state index >= 15 is 0 Å². The van der Waals surface area contributed by atoms with Crippen molar-refractivity contribution in [2.75, 3.05) is 19.6 Å². The molecule has 5 heteroatoms. The number of hydrogen-bond donors (Lipinski definition) is 1. The van der Waals surface area contributed by atoms with E-state index in [0.29, 0.717) is 5.92 Å². The first-order valence-electron chi connectivity index (χ1n) is 7.97. The van der Waals surface area contributed by atoms with Gasteiger partial charge in [-0.15, -0.1) is 0 Å². The molecule has 2 rings (SSSR count). The van der Waals surface area contributed by atoms with Gasteiger partial charge in [-0.25, -0.2) is 4.79 Å². The maximum atomic E-state index is 12.0.